The van der Waals surface area contributed by atoms with E-state index < -0.39 is 5.54 Å². The standard InChI is InChI=1S/C22H31N7O2/c1-5-22(2)19(30)28(21(31)26-22)13-9-12-24-20(23-3)27(4)15-17-14-25-29(16-17)18-10-7-6-8-11-18/h6-8,10-11,14,16H,5,9,12-13,15H2,1-4H3,(H,23,24)(H,26,31). The summed E-state index contributed by atoms with van der Waals surface area (Å²) in [7, 11) is 3.69. The van der Waals surface area contributed by atoms with E-state index in [0.29, 0.717) is 32.5 Å². The van der Waals surface area contributed by atoms with E-state index in [2.05, 4.69) is 20.7 Å². The predicted molar refractivity (Wildman–Crippen MR) is 120 cm³/mol. The maximum atomic E-state index is 12.5. The molecule has 2 aromatic rings. The average Bonchev–Trinajstić information content (AvgIpc) is 3.32. The van der Waals surface area contributed by atoms with Crippen LogP contribution in [0.5, 0.6) is 0 Å². The number of nitrogens with one attached hydrogen (secondary N) is 2. The lowest BCUT2D eigenvalue weighted by molar-refractivity contribution is -0.130. The van der Waals surface area contributed by atoms with Crippen molar-refractivity contribution >= 4 is 17.9 Å². The number of amides is 3. The fourth-order valence-electron chi connectivity index (χ4n) is 3.52. The third-order valence-corrected chi connectivity index (χ3v) is 5.54. The molecule has 1 aromatic heterocycles. The zero-order valence-corrected chi connectivity index (χ0v) is 18.6. The molecular weight excluding hydrogens is 394 g/mol. The Labute approximate surface area is 183 Å². The molecule has 0 spiro atoms. The summed E-state index contributed by atoms with van der Waals surface area (Å²) in [6.45, 7) is 5.28. The maximum Gasteiger partial charge on any atom is 0.325 e. The number of rotatable bonds is 8. The Morgan fingerprint density at radius 2 is 2.03 bits per heavy atom. The number of para-hydroxylation sites is 1. The molecule has 3 rings (SSSR count). The zero-order chi connectivity index (χ0) is 22.4. The van der Waals surface area contributed by atoms with Crippen molar-refractivity contribution in [3.05, 3.63) is 48.3 Å². The number of urea groups is 1. The molecule has 1 atom stereocenters. The topological polar surface area (TPSA) is 94.9 Å². The minimum Gasteiger partial charge on any atom is -0.356 e. The second-order valence-corrected chi connectivity index (χ2v) is 7.88. The highest BCUT2D eigenvalue weighted by Gasteiger charge is 2.45. The van der Waals surface area contributed by atoms with Gasteiger partial charge in [0.15, 0.2) is 5.96 Å². The predicted octanol–water partition coefficient (Wildman–Crippen LogP) is 1.99. The van der Waals surface area contributed by atoms with Gasteiger partial charge in [-0.2, -0.15) is 5.10 Å². The molecule has 31 heavy (non-hydrogen) atoms. The van der Waals surface area contributed by atoms with Crippen LogP contribution in [0.15, 0.2) is 47.7 Å². The van der Waals surface area contributed by atoms with Crippen LogP contribution >= 0.6 is 0 Å². The van der Waals surface area contributed by atoms with E-state index >= 15 is 0 Å². The highest BCUT2D eigenvalue weighted by molar-refractivity contribution is 6.06. The van der Waals surface area contributed by atoms with Crippen molar-refractivity contribution in [3.63, 3.8) is 0 Å². The molecule has 1 unspecified atom stereocenters. The van der Waals surface area contributed by atoms with E-state index in [1.54, 1.807) is 14.0 Å². The first-order valence-electron chi connectivity index (χ1n) is 10.5. The van der Waals surface area contributed by atoms with Gasteiger partial charge in [-0.15, -0.1) is 0 Å². The van der Waals surface area contributed by atoms with Crippen LogP contribution in [-0.4, -0.2) is 70.2 Å². The minimum absolute atomic E-state index is 0.156. The lowest BCUT2D eigenvalue weighted by atomic mass is 9.99. The second-order valence-electron chi connectivity index (χ2n) is 7.88. The van der Waals surface area contributed by atoms with Crippen molar-refractivity contribution < 1.29 is 9.59 Å². The van der Waals surface area contributed by atoms with Crippen LogP contribution in [0.1, 0.15) is 32.3 Å². The van der Waals surface area contributed by atoms with Gasteiger partial charge in [0.25, 0.3) is 5.91 Å². The SMILES string of the molecule is CCC1(C)NC(=O)N(CCCNC(=NC)N(C)Cc2cnn(-c3ccccc3)c2)C1=O. The summed E-state index contributed by atoms with van der Waals surface area (Å²) in [5.41, 5.74) is 1.29. The Hall–Kier alpha value is -3.36. The van der Waals surface area contributed by atoms with Crippen LogP contribution in [0.3, 0.4) is 0 Å². The molecule has 0 radical (unpaired) electrons. The first-order valence-corrected chi connectivity index (χ1v) is 10.5. The summed E-state index contributed by atoms with van der Waals surface area (Å²) >= 11 is 0. The highest BCUT2D eigenvalue weighted by atomic mass is 16.2. The van der Waals surface area contributed by atoms with Gasteiger partial charge in [0, 0.05) is 45.5 Å². The summed E-state index contributed by atoms with van der Waals surface area (Å²) in [4.78, 5) is 32.2. The molecule has 166 valence electrons. The van der Waals surface area contributed by atoms with Crippen molar-refractivity contribution in [2.45, 2.75) is 38.8 Å². The molecule has 1 fully saturated rings. The number of nitrogens with zero attached hydrogens (tertiary/aromatic N) is 5. The molecule has 0 saturated carbocycles. The van der Waals surface area contributed by atoms with Gasteiger partial charge in [0.2, 0.25) is 0 Å². The molecule has 9 nitrogen and oxygen atoms in total. The average molecular weight is 426 g/mol. The minimum atomic E-state index is -0.787. The van der Waals surface area contributed by atoms with Gasteiger partial charge >= 0.3 is 6.03 Å². The maximum absolute atomic E-state index is 12.5. The van der Waals surface area contributed by atoms with Gasteiger partial charge < -0.3 is 15.5 Å². The zero-order valence-electron chi connectivity index (χ0n) is 18.6. The fraction of sp³-hybridized carbons (Fsp3) is 0.455. The van der Waals surface area contributed by atoms with Gasteiger partial charge in [0.05, 0.1) is 11.9 Å². The van der Waals surface area contributed by atoms with Crippen molar-refractivity contribution in [3.8, 4) is 5.69 Å². The Kier molecular flexibility index (Phi) is 6.94. The summed E-state index contributed by atoms with van der Waals surface area (Å²) in [6, 6.07) is 9.65. The van der Waals surface area contributed by atoms with Crippen LogP contribution in [0, 0.1) is 0 Å². The Bertz CT molecular complexity index is 940. The van der Waals surface area contributed by atoms with Crippen molar-refractivity contribution in [1.29, 1.82) is 0 Å². The first-order chi connectivity index (χ1) is 14.9. The van der Waals surface area contributed by atoms with Gasteiger partial charge in [-0.3, -0.25) is 14.7 Å². The molecule has 1 aliphatic rings. The molecule has 2 heterocycles. The Morgan fingerprint density at radius 1 is 1.29 bits per heavy atom. The number of imide groups is 1. The fourth-order valence-corrected chi connectivity index (χ4v) is 3.52. The molecule has 3 amide bonds. The van der Waals surface area contributed by atoms with Crippen molar-refractivity contribution in [1.82, 2.24) is 30.2 Å². The summed E-state index contributed by atoms with van der Waals surface area (Å²) in [5.74, 6) is 0.583. The molecule has 9 heteroatoms. The number of guanidine groups is 1. The van der Waals surface area contributed by atoms with Gasteiger partial charge in [0.1, 0.15) is 5.54 Å². The van der Waals surface area contributed by atoms with Crippen LogP contribution in [-0.2, 0) is 11.3 Å². The monoisotopic (exact) mass is 425 g/mol. The van der Waals surface area contributed by atoms with Crippen LogP contribution in [0.4, 0.5) is 4.79 Å². The number of hydrogen-bond acceptors (Lipinski definition) is 4. The summed E-state index contributed by atoms with van der Waals surface area (Å²) < 4.78 is 1.85. The quantitative estimate of drug-likeness (QED) is 0.292. The molecule has 1 aliphatic heterocycles. The lowest BCUT2D eigenvalue weighted by Crippen LogP contribution is -2.43. The van der Waals surface area contributed by atoms with Crippen LogP contribution in [0.25, 0.3) is 5.69 Å². The van der Waals surface area contributed by atoms with Gasteiger partial charge in [-0.05, 0) is 31.9 Å². The lowest BCUT2D eigenvalue weighted by Gasteiger charge is -2.22. The number of benzene rings is 1. The van der Waals surface area contributed by atoms with Crippen LogP contribution < -0.4 is 10.6 Å². The number of carbonyl (C=O) groups excluding carboxylic acids is 2. The van der Waals surface area contributed by atoms with Crippen LogP contribution in [0.2, 0.25) is 0 Å². The van der Waals surface area contributed by atoms with E-state index in [-0.39, 0.29) is 11.9 Å². The third-order valence-electron chi connectivity index (χ3n) is 5.54. The molecular formula is C22H31N7O2. The normalized spacial score (nSPS) is 19.0. The third kappa shape index (κ3) is 5.04. The molecule has 0 bridgehead atoms. The van der Waals surface area contributed by atoms with Gasteiger partial charge in [-0.1, -0.05) is 25.1 Å². The Morgan fingerprint density at radius 3 is 2.68 bits per heavy atom. The second kappa shape index (κ2) is 9.63. The first kappa shape index (κ1) is 22.3. The summed E-state index contributed by atoms with van der Waals surface area (Å²) in [5, 5.41) is 10.5. The number of aliphatic imine (C=N–C) groups is 1. The van der Waals surface area contributed by atoms with Crippen molar-refractivity contribution in [2.75, 3.05) is 27.2 Å². The largest absolute Gasteiger partial charge is 0.356 e. The van der Waals surface area contributed by atoms with E-state index in [1.807, 2.05) is 66.3 Å². The van der Waals surface area contributed by atoms with Crippen molar-refractivity contribution in [2.24, 2.45) is 4.99 Å². The highest BCUT2D eigenvalue weighted by Crippen LogP contribution is 2.20. The van der Waals surface area contributed by atoms with E-state index in [4.69, 9.17) is 0 Å². The van der Waals surface area contributed by atoms with Gasteiger partial charge in [-0.25, -0.2) is 9.48 Å². The van der Waals surface area contributed by atoms with E-state index in [9.17, 15) is 9.59 Å². The molecule has 0 aliphatic carbocycles. The molecule has 2 N–H and O–H groups in total. The Balaban J connectivity index is 1.48. The number of carbonyl (C=O) groups is 2. The molecule has 1 aromatic carbocycles. The molecule has 1 saturated heterocycles. The number of hydrogen-bond donors (Lipinski definition) is 2. The number of aromatic nitrogens is 2. The summed E-state index contributed by atoms with van der Waals surface area (Å²) in [6.07, 6.45) is 5.06. The smallest absolute Gasteiger partial charge is 0.325 e. The van der Waals surface area contributed by atoms with E-state index in [0.717, 1.165) is 17.2 Å². The van der Waals surface area contributed by atoms with E-state index in [1.165, 1.54) is 4.90 Å².